The summed E-state index contributed by atoms with van der Waals surface area (Å²) < 4.78 is 12.0. The van der Waals surface area contributed by atoms with E-state index in [1.807, 2.05) is 51.4 Å². The van der Waals surface area contributed by atoms with Gasteiger partial charge in [-0.1, -0.05) is 50.3 Å². The topological polar surface area (TPSA) is 184 Å². The minimum Gasteiger partial charge on any atom is -0.423 e. The molecule has 13 nitrogen and oxygen atoms in total. The van der Waals surface area contributed by atoms with Crippen molar-refractivity contribution in [1.82, 2.24) is 20.9 Å². The van der Waals surface area contributed by atoms with E-state index in [1.54, 1.807) is 31.4 Å². The van der Waals surface area contributed by atoms with Gasteiger partial charge in [0.1, 0.15) is 17.2 Å². The van der Waals surface area contributed by atoms with E-state index < -0.39 is 29.1 Å². The number of carbonyl (C=O) groups is 2. The Hall–Kier alpha value is -4.01. The van der Waals surface area contributed by atoms with Gasteiger partial charge in [-0.05, 0) is 69.3 Å². The molecule has 0 aromatic heterocycles. The summed E-state index contributed by atoms with van der Waals surface area (Å²) in [6.07, 6.45) is 10.1. The van der Waals surface area contributed by atoms with Crippen LogP contribution in [0.2, 0.25) is 0 Å². The first kappa shape index (κ1) is 36.8. The number of nitrogens with zero attached hydrogens (tertiary/aromatic N) is 3. The van der Waals surface area contributed by atoms with Gasteiger partial charge in [0, 0.05) is 42.2 Å². The Morgan fingerprint density at radius 1 is 1.24 bits per heavy atom. The molecule has 1 saturated heterocycles. The molecular formula is C38H51N7O6. The van der Waals surface area contributed by atoms with Crippen LogP contribution in [0.1, 0.15) is 51.2 Å². The molecule has 3 heterocycles. The molecular weight excluding hydrogens is 650 g/mol. The number of epoxide rings is 1. The average molecular weight is 702 g/mol. The van der Waals surface area contributed by atoms with Gasteiger partial charge in [0.25, 0.3) is 0 Å². The van der Waals surface area contributed by atoms with Gasteiger partial charge >= 0.3 is 5.97 Å². The highest BCUT2D eigenvalue weighted by Crippen LogP contribution is 2.65. The average Bonchev–Trinajstić information content (AvgIpc) is 3.55. The summed E-state index contributed by atoms with van der Waals surface area (Å²) in [5.74, 6) is 0.0178. The van der Waals surface area contributed by atoms with Crippen LogP contribution in [-0.4, -0.2) is 116 Å². The molecule has 0 bridgehead atoms. The normalized spacial score (nSPS) is 34.0. The number of likely N-dealkylation sites (N-methyl/N-ethyl adjacent to an activating group) is 1. The maximum atomic E-state index is 13.1. The zero-order valence-electron chi connectivity index (χ0n) is 30.1. The first-order valence-electron chi connectivity index (χ1n) is 17.8. The number of nitrogens with one attached hydrogen (secondary N) is 4. The molecule has 1 amide bonds. The molecule has 1 aromatic rings. The number of allylic oxidation sites excluding steroid dienone is 1. The molecule has 0 radical (unpaired) electrons. The Labute approximate surface area is 299 Å². The number of guanidine groups is 1. The molecule has 3 fully saturated rings. The van der Waals surface area contributed by atoms with Crippen molar-refractivity contribution in [2.24, 2.45) is 32.7 Å². The highest BCUT2D eigenvalue weighted by molar-refractivity contribution is 6.04. The molecule has 1 aromatic carbocycles. The number of hydrogen-bond donors (Lipinski definition) is 6. The Balaban J connectivity index is 1.23. The number of cyclic esters (lactones) is 1. The molecule has 5 unspecified atom stereocenters. The van der Waals surface area contributed by atoms with Crippen LogP contribution in [0, 0.1) is 28.1 Å². The maximum absolute atomic E-state index is 13.1. The number of aliphatic hydroxyl groups is 2. The summed E-state index contributed by atoms with van der Waals surface area (Å²) in [7, 11) is 3.98. The molecule has 8 atom stereocenters. The first-order valence-corrected chi connectivity index (χ1v) is 17.8. The lowest BCUT2D eigenvalue weighted by molar-refractivity contribution is -0.174. The summed E-state index contributed by atoms with van der Waals surface area (Å²) in [6.45, 7) is 8.16. The number of esters is 1. The van der Waals surface area contributed by atoms with Crippen LogP contribution in [0.15, 0.2) is 63.8 Å². The quantitative estimate of drug-likeness (QED) is 0.0870. The smallest absolute Gasteiger partial charge is 0.343 e. The Morgan fingerprint density at radius 2 is 1.98 bits per heavy atom. The van der Waals surface area contributed by atoms with Crippen LogP contribution in [-0.2, 0) is 19.1 Å². The third-order valence-corrected chi connectivity index (χ3v) is 11.6. The number of ether oxygens (including phenoxy) is 2. The number of aliphatic imine (C=N–C) groups is 2. The number of amides is 1. The summed E-state index contributed by atoms with van der Waals surface area (Å²) in [5.41, 5.74) is 0.214. The molecule has 51 heavy (non-hydrogen) atoms. The zero-order chi connectivity index (χ0) is 36.6. The van der Waals surface area contributed by atoms with Gasteiger partial charge in [-0.25, -0.2) is 14.8 Å². The van der Waals surface area contributed by atoms with Gasteiger partial charge in [0.2, 0.25) is 11.9 Å². The van der Waals surface area contributed by atoms with Crippen LogP contribution in [0.5, 0.6) is 0 Å². The van der Waals surface area contributed by atoms with Crippen LogP contribution in [0.25, 0.3) is 6.08 Å². The minimum absolute atomic E-state index is 0.118. The van der Waals surface area contributed by atoms with Crippen molar-refractivity contribution < 1.29 is 29.3 Å². The lowest BCUT2D eigenvalue weighted by Crippen LogP contribution is -2.67. The number of benzene rings is 1. The maximum Gasteiger partial charge on any atom is 0.343 e. The number of aliphatic hydroxyl groups excluding tert-OH is 2. The Kier molecular flexibility index (Phi) is 10.5. The second kappa shape index (κ2) is 14.5. The van der Waals surface area contributed by atoms with Gasteiger partial charge in [-0.15, -0.1) is 0 Å². The number of rotatable bonds is 11. The van der Waals surface area contributed by atoms with Crippen LogP contribution >= 0.6 is 0 Å². The number of fused-ring (bicyclic) bond motifs is 1. The molecule has 6 rings (SSSR count). The lowest BCUT2D eigenvalue weighted by Gasteiger charge is -2.62. The molecule has 13 heteroatoms. The fourth-order valence-corrected chi connectivity index (χ4v) is 8.50. The number of carbonyl (C=O) groups excluding carboxylic acids is 2. The molecule has 1 spiro atoms. The van der Waals surface area contributed by atoms with E-state index in [2.05, 4.69) is 37.8 Å². The van der Waals surface area contributed by atoms with Gasteiger partial charge in [-0.2, -0.15) is 0 Å². The van der Waals surface area contributed by atoms with E-state index in [-0.39, 0.29) is 41.8 Å². The number of amidine groups is 1. The fraction of sp³-hybridized carbons (Fsp3) is 0.553. The first-order chi connectivity index (χ1) is 24.3. The van der Waals surface area contributed by atoms with Crippen molar-refractivity contribution in [2.75, 3.05) is 46.9 Å². The third-order valence-electron chi connectivity index (χ3n) is 11.6. The molecule has 5 aliphatic rings. The standard InChI is InChI=1S/C38H51N7O6/c1-23(33(48)44-35-41-14-15-42-35)43-30-20-29-36(2,13-12-31(47)37(29,3)21-46)28(38(30)22-50-38)11-10-26-19-27(51-34(26)49)18-24-6-8-25(9-7-24)32(39)40-16-17-45(4)5/h6-11,14,18-19,23,28-31,43,46-47H,12-13,15-17,20-22H2,1-5H3,(H2,39,40)(H,42,44,48)/b11-10+,27-18+/t23?,28?,29?,30?,31-,36-,37+,38?/m1/s1. The van der Waals surface area contributed by atoms with Crippen LogP contribution in [0.3, 0.4) is 0 Å². The molecule has 2 saturated carbocycles. The minimum atomic E-state index is -0.772. The molecule has 3 aliphatic heterocycles. The predicted molar refractivity (Wildman–Crippen MR) is 195 cm³/mol. The second-order valence-electron chi connectivity index (χ2n) is 15.3. The van der Waals surface area contributed by atoms with E-state index in [1.165, 1.54) is 0 Å². The van der Waals surface area contributed by atoms with Crippen molar-refractivity contribution in [2.45, 2.75) is 63.8 Å². The van der Waals surface area contributed by atoms with Gasteiger partial charge in [-0.3, -0.25) is 15.5 Å². The summed E-state index contributed by atoms with van der Waals surface area (Å²) in [5, 5.41) is 39.6. The highest BCUT2D eigenvalue weighted by Gasteiger charge is 2.70. The van der Waals surface area contributed by atoms with Crippen molar-refractivity contribution in [3.05, 3.63) is 65.0 Å². The van der Waals surface area contributed by atoms with E-state index >= 15 is 0 Å². The highest BCUT2D eigenvalue weighted by atomic mass is 16.6. The van der Waals surface area contributed by atoms with E-state index in [4.69, 9.17) is 14.9 Å². The van der Waals surface area contributed by atoms with Crippen molar-refractivity contribution >= 4 is 36.0 Å². The third kappa shape index (κ3) is 7.36. The summed E-state index contributed by atoms with van der Waals surface area (Å²) >= 11 is 0. The van der Waals surface area contributed by atoms with Crippen molar-refractivity contribution in [3.63, 3.8) is 0 Å². The molecule has 6 N–H and O–H groups in total. The van der Waals surface area contributed by atoms with E-state index in [0.717, 1.165) is 17.7 Å². The molecule has 274 valence electrons. The molecule has 2 aliphatic carbocycles. The Bertz CT molecular complexity index is 1680. The van der Waals surface area contributed by atoms with Crippen molar-refractivity contribution in [3.8, 4) is 0 Å². The second-order valence-corrected chi connectivity index (χ2v) is 15.3. The van der Waals surface area contributed by atoms with Gasteiger partial charge in [0.05, 0.1) is 37.5 Å². The Morgan fingerprint density at radius 3 is 2.63 bits per heavy atom. The van der Waals surface area contributed by atoms with E-state index in [0.29, 0.717) is 56.1 Å². The fourth-order valence-electron chi connectivity index (χ4n) is 8.50. The predicted octanol–water partition coefficient (Wildman–Crippen LogP) is 2.01. The largest absolute Gasteiger partial charge is 0.423 e. The van der Waals surface area contributed by atoms with Crippen LogP contribution < -0.4 is 16.0 Å². The lowest BCUT2D eigenvalue weighted by atomic mass is 9.44. The SMILES string of the molecule is CC(NC1CC2[C@](C)(CC[C@@H](O)[C@@]2(C)CO)C(/C=C/C2=CC(=C\c3ccc(C(=N)NCCN(C)C)cc3)/OC2=O)C12CO2)C(=O)NC1=NCC=N1. The zero-order valence-corrected chi connectivity index (χ0v) is 30.1. The van der Waals surface area contributed by atoms with Crippen molar-refractivity contribution in [1.29, 1.82) is 5.41 Å². The van der Waals surface area contributed by atoms with Gasteiger partial charge in [0.15, 0.2) is 0 Å². The summed E-state index contributed by atoms with van der Waals surface area (Å²) in [6, 6.07) is 6.62. The summed E-state index contributed by atoms with van der Waals surface area (Å²) in [4.78, 5) is 36.5. The monoisotopic (exact) mass is 701 g/mol. The van der Waals surface area contributed by atoms with Gasteiger partial charge < -0.3 is 35.2 Å². The number of hydrogen-bond acceptors (Lipinski definition) is 11. The van der Waals surface area contributed by atoms with E-state index in [9.17, 15) is 19.8 Å². The van der Waals surface area contributed by atoms with Crippen LogP contribution in [0.4, 0.5) is 0 Å².